The Labute approximate surface area is 397 Å². The Morgan fingerprint density at radius 1 is 0.788 bits per heavy atom. The van der Waals surface area contributed by atoms with Crippen molar-refractivity contribution in [2.24, 2.45) is 4.99 Å². The number of hydrogen-bond donors (Lipinski definition) is 2. The predicted octanol–water partition coefficient (Wildman–Crippen LogP) is 10.5. The molecule has 0 amide bonds. The zero-order valence-electron chi connectivity index (χ0n) is 41.0. The molecule has 1 aromatic heterocycles. The molecule has 0 bridgehead atoms. The molecule has 1 fully saturated rings. The van der Waals surface area contributed by atoms with E-state index in [1.54, 1.807) is 6.20 Å². The molecule has 1 aliphatic rings. The van der Waals surface area contributed by atoms with Crippen LogP contribution < -0.4 is 5.32 Å². The number of imidazole rings is 1. The Morgan fingerprint density at radius 2 is 1.27 bits per heavy atom. The maximum Gasteiger partial charge on any atom is 0.141 e. The van der Waals surface area contributed by atoms with Crippen molar-refractivity contribution in [2.45, 2.75) is 78.9 Å². The van der Waals surface area contributed by atoms with E-state index in [2.05, 4.69) is 159 Å². The molecule has 3 atom stereocenters. The van der Waals surface area contributed by atoms with Crippen molar-refractivity contribution in [1.82, 2.24) is 34.9 Å². The zero-order chi connectivity index (χ0) is 48.3. The number of nitrogens with one attached hydrogen (secondary N) is 2. The lowest BCUT2D eigenvalue weighted by molar-refractivity contribution is -0.113. The van der Waals surface area contributed by atoms with Gasteiger partial charge in [0.05, 0.1) is 29.5 Å². The average Bonchev–Trinajstić information content (AvgIpc) is 3.98. The van der Waals surface area contributed by atoms with Gasteiger partial charge in [0, 0.05) is 30.5 Å². The molecule has 2 N–H and O–H groups in total. The van der Waals surface area contributed by atoms with E-state index in [0.29, 0.717) is 6.04 Å². The fraction of sp³-hybridized carbons (Fsp3) is 0.393. The van der Waals surface area contributed by atoms with Crippen molar-refractivity contribution >= 4 is 25.0 Å². The van der Waals surface area contributed by atoms with Crippen LogP contribution in [0.25, 0.3) is 28.1 Å². The number of nitrogens with zero attached hydrogens (tertiary/aromatic N) is 6. The van der Waals surface area contributed by atoms with Gasteiger partial charge in [0.25, 0.3) is 0 Å². The number of H-pyrrole nitrogens is 1. The second-order valence-corrected chi connectivity index (χ2v) is 16.3. The summed E-state index contributed by atoms with van der Waals surface area (Å²) in [5.74, 6) is 1.09. The quantitative estimate of drug-likeness (QED) is 0.0427. The fourth-order valence-corrected chi connectivity index (χ4v) is 8.31. The van der Waals surface area contributed by atoms with E-state index in [1.165, 1.54) is 24.0 Å². The first-order chi connectivity index (χ1) is 32.2. The summed E-state index contributed by atoms with van der Waals surface area (Å²) < 4.78 is 0. The van der Waals surface area contributed by atoms with Crippen LogP contribution in [-0.2, 0) is 9.59 Å². The first-order valence-electron chi connectivity index (χ1n) is 23.5. The van der Waals surface area contributed by atoms with Gasteiger partial charge in [-0.1, -0.05) is 144 Å². The number of benzene rings is 4. The van der Waals surface area contributed by atoms with Crippen LogP contribution in [0.15, 0.2) is 120 Å². The Kier molecular flexibility index (Phi) is 24.9. The van der Waals surface area contributed by atoms with Crippen LogP contribution in [0.3, 0.4) is 0 Å². The molecule has 4 aromatic carbocycles. The number of terminal acetylenes is 1. The number of carbonyl (C=O) groups is 2. The molecule has 0 saturated carbocycles. The van der Waals surface area contributed by atoms with E-state index in [1.807, 2.05) is 60.7 Å². The summed E-state index contributed by atoms with van der Waals surface area (Å²) >= 11 is 0. The number of aliphatic imine (C=N–C) groups is 1. The van der Waals surface area contributed by atoms with Gasteiger partial charge in [-0.2, -0.15) is 0 Å². The molecule has 0 unspecified atom stereocenters. The van der Waals surface area contributed by atoms with E-state index >= 15 is 0 Å². The normalized spacial score (nSPS) is 14.5. The van der Waals surface area contributed by atoms with Crippen LogP contribution in [0.1, 0.15) is 100 Å². The zero-order valence-corrected chi connectivity index (χ0v) is 41.0. The lowest BCUT2D eigenvalue weighted by atomic mass is 10.0. The van der Waals surface area contributed by atoms with Crippen LogP contribution in [0, 0.1) is 19.8 Å². The summed E-state index contributed by atoms with van der Waals surface area (Å²) in [6, 6.07) is 37.4. The highest BCUT2D eigenvalue weighted by Crippen LogP contribution is 2.32. The molecule has 2 heterocycles. The van der Waals surface area contributed by atoms with Crippen LogP contribution >= 0.6 is 0 Å². The standard InChI is InChI=1S/C30H40N6.2C12H17NO.C2H2/c1-6-18-35(4)20-17-32-27(21-31-3)25-13-9-23(10-14-25)24-11-15-26(16-12-24)29-22(2)33-30(34-29)28-8-7-19-36(28)5;2*1-3-13(4-2)12(10-14)11-8-6-5-7-9-11;1-2/h9-16,21,28,32H,3,6-8,17-20H2,1-2,4-5H3,(H,33,34);2*5-10,12H,3-4H2,1-2H3;1-2H/b27-21-;;;/t28-;2*12-;/m000./s1. The molecule has 10 heteroatoms. The molecule has 0 aliphatic carbocycles. The molecule has 10 nitrogen and oxygen atoms in total. The van der Waals surface area contributed by atoms with Crippen LogP contribution in [0.5, 0.6) is 0 Å². The third kappa shape index (κ3) is 16.2. The van der Waals surface area contributed by atoms with E-state index in [-0.39, 0.29) is 12.1 Å². The third-order valence-corrected chi connectivity index (χ3v) is 12.0. The number of carbonyl (C=O) groups excluding carboxylic acids is 2. The maximum atomic E-state index is 11.0. The number of likely N-dealkylation sites (tertiary alicyclic amines) is 1. The number of aromatic nitrogens is 2. The minimum absolute atomic E-state index is 0.0915. The summed E-state index contributed by atoms with van der Waals surface area (Å²) in [7, 11) is 4.34. The van der Waals surface area contributed by atoms with Crippen molar-refractivity contribution in [2.75, 3.05) is 66.5 Å². The van der Waals surface area contributed by atoms with Crippen LogP contribution in [-0.4, -0.2) is 115 Å². The second-order valence-electron chi connectivity index (χ2n) is 16.3. The maximum absolute atomic E-state index is 11.0. The van der Waals surface area contributed by atoms with Crippen molar-refractivity contribution in [3.63, 3.8) is 0 Å². The molecule has 1 saturated heterocycles. The molecule has 66 heavy (non-hydrogen) atoms. The number of rotatable bonds is 21. The third-order valence-electron chi connectivity index (χ3n) is 12.0. The lowest BCUT2D eigenvalue weighted by Crippen LogP contribution is -2.29. The number of aromatic amines is 1. The largest absolute Gasteiger partial charge is 0.382 e. The molecular formula is C56H76N8O2. The molecule has 1 aliphatic heterocycles. The second kappa shape index (κ2) is 30.3. The highest BCUT2D eigenvalue weighted by molar-refractivity contribution is 5.72. The Bertz CT molecular complexity index is 2100. The van der Waals surface area contributed by atoms with Gasteiger partial charge in [-0.25, -0.2) is 4.98 Å². The van der Waals surface area contributed by atoms with E-state index in [0.717, 1.165) is 117 Å². The molecular weight excluding hydrogens is 817 g/mol. The molecule has 6 rings (SSSR count). The number of aryl methyl sites for hydroxylation is 1. The van der Waals surface area contributed by atoms with Gasteiger partial charge in [0.2, 0.25) is 0 Å². The summed E-state index contributed by atoms with van der Waals surface area (Å²) in [6.07, 6.45) is 15.4. The van der Waals surface area contributed by atoms with Gasteiger partial charge >= 0.3 is 0 Å². The minimum Gasteiger partial charge on any atom is -0.382 e. The topological polar surface area (TPSA) is 100 Å². The van der Waals surface area contributed by atoms with E-state index < -0.39 is 0 Å². The number of aldehydes is 2. The number of hydrogen-bond acceptors (Lipinski definition) is 9. The fourth-order valence-electron chi connectivity index (χ4n) is 8.31. The van der Waals surface area contributed by atoms with Crippen LogP contribution in [0.4, 0.5) is 0 Å². The average molecular weight is 893 g/mol. The highest BCUT2D eigenvalue weighted by atomic mass is 16.1. The van der Waals surface area contributed by atoms with Crippen LogP contribution in [0.2, 0.25) is 0 Å². The first-order valence-corrected chi connectivity index (χ1v) is 23.5. The molecule has 352 valence electrons. The summed E-state index contributed by atoms with van der Waals surface area (Å²) in [6.45, 7) is 23.9. The van der Waals surface area contributed by atoms with Crippen molar-refractivity contribution in [1.29, 1.82) is 0 Å². The molecule has 0 radical (unpaired) electrons. The summed E-state index contributed by atoms with van der Waals surface area (Å²) in [4.78, 5) is 43.6. The van der Waals surface area contributed by atoms with Gasteiger partial charge in [-0.3, -0.25) is 19.7 Å². The van der Waals surface area contributed by atoms with Gasteiger partial charge in [0.1, 0.15) is 18.4 Å². The van der Waals surface area contributed by atoms with Crippen molar-refractivity contribution < 1.29 is 9.59 Å². The summed E-state index contributed by atoms with van der Waals surface area (Å²) in [5.41, 5.74) is 9.96. The summed E-state index contributed by atoms with van der Waals surface area (Å²) in [5, 5.41) is 3.51. The Balaban J connectivity index is 0.000000315. The highest BCUT2D eigenvalue weighted by Gasteiger charge is 2.26. The van der Waals surface area contributed by atoms with E-state index in [9.17, 15) is 9.59 Å². The monoisotopic (exact) mass is 893 g/mol. The van der Waals surface area contributed by atoms with Gasteiger partial charge < -0.3 is 24.8 Å². The Morgan fingerprint density at radius 3 is 1.70 bits per heavy atom. The first kappa shape index (κ1) is 54.4. The molecule has 0 spiro atoms. The van der Waals surface area contributed by atoms with Gasteiger partial charge in [0.15, 0.2) is 0 Å². The van der Waals surface area contributed by atoms with Gasteiger partial charge in [-0.05, 0) is 114 Å². The van der Waals surface area contributed by atoms with Crippen molar-refractivity contribution in [3.05, 3.63) is 144 Å². The Hall–Kier alpha value is -5.96. The van der Waals surface area contributed by atoms with Gasteiger partial charge in [-0.15, -0.1) is 12.8 Å². The lowest BCUT2D eigenvalue weighted by Gasteiger charge is -2.25. The molecule has 5 aromatic rings. The van der Waals surface area contributed by atoms with E-state index in [4.69, 9.17) is 4.98 Å². The van der Waals surface area contributed by atoms with Crippen molar-refractivity contribution in [3.8, 4) is 35.2 Å². The predicted molar refractivity (Wildman–Crippen MR) is 278 cm³/mol. The SMILES string of the molecule is C#C.C=N/C=C(\NCCN(C)CCC)c1ccc(-c2ccc(-c3nc([C@@H]4CCCN4C)[nH]c3C)cc2)cc1.CCN(CC)[C@@H](C=O)c1ccccc1.CCN(CC)[C@@H](C=O)c1ccccc1. The number of likely N-dealkylation sites (N-methyl/N-ethyl adjacent to an activating group) is 3. The smallest absolute Gasteiger partial charge is 0.141 e. The minimum atomic E-state index is -0.0915.